The van der Waals surface area contributed by atoms with Crippen LogP contribution in [0.3, 0.4) is 0 Å². The maximum absolute atomic E-state index is 9.52. The molecule has 0 saturated heterocycles. The number of nitriles is 1. The zero-order chi connectivity index (χ0) is 13.9. The molecule has 0 radical (unpaired) electrons. The van der Waals surface area contributed by atoms with E-state index in [1.807, 2.05) is 11.6 Å². The molecule has 2 rings (SSSR count). The van der Waals surface area contributed by atoms with Crippen molar-refractivity contribution in [1.29, 1.82) is 5.26 Å². The van der Waals surface area contributed by atoms with E-state index < -0.39 is 0 Å². The van der Waals surface area contributed by atoms with Crippen molar-refractivity contribution < 1.29 is 0 Å². The summed E-state index contributed by atoms with van der Waals surface area (Å²) in [5.74, 6) is 0.403. The molecule has 0 bridgehead atoms. The maximum atomic E-state index is 9.52. The molecule has 1 N–H and O–H groups in total. The van der Waals surface area contributed by atoms with Gasteiger partial charge >= 0.3 is 0 Å². The highest BCUT2D eigenvalue weighted by Gasteiger charge is 2.42. The van der Waals surface area contributed by atoms with Gasteiger partial charge in [0.2, 0.25) is 0 Å². The molecule has 1 fully saturated rings. The standard InChI is InChI=1S/C14H21ClN4/c1-3-17-14(10-16)7-4-5-12(14)6-8-19-11(2)13(15)9-18-19/h9,12,17H,3-8H2,1-2H3. The third-order valence-corrected chi connectivity index (χ3v) is 4.62. The molecular weight excluding hydrogens is 260 g/mol. The topological polar surface area (TPSA) is 53.6 Å². The van der Waals surface area contributed by atoms with E-state index in [-0.39, 0.29) is 5.54 Å². The van der Waals surface area contributed by atoms with Gasteiger partial charge in [0, 0.05) is 6.54 Å². The lowest BCUT2D eigenvalue weighted by molar-refractivity contribution is 0.290. The van der Waals surface area contributed by atoms with E-state index in [9.17, 15) is 5.26 Å². The van der Waals surface area contributed by atoms with Crippen LogP contribution >= 0.6 is 11.6 Å². The average molecular weight is 281 g/mol. The Morgan fingerprint density at radius 1 is 1.68 bits per heavy atom. The Bertz CT molecular complexity index is 476. The van der Waals surface area contributed by atoms with Crippen LogP contribution in [0.4, 0.5) is 0 Å². The molecule has 1 heterocycles. The van der Waals surface area contributed by atoms with Gasteiger partial charge in [0.1, 0.15) is 5.54 Å². The first kappa shape index (κ1) is 14.4. The third kappa shape index (κ3) is 2.77. The minimum absolute atomic E-state index is 0.334. The Morgan fingerprint density at radius 3 is 3.05 bits per heavy atom. The summed E-state index contributed by atoms with van der Waals surface area (Å²) in [4.78, 5) is 0. The van der Waals surface area contributed by atoms with Gasteiger partial charge in [-0.2, -0.15) is 10.4 Å². The fraction of sp³-hybridized carbons (Fsp3) is 0.714. The van der Waals surface area contributed by atoms with Crippen molar-refractivity contribution in [3.63, 3.8) is 0 Å². The van der Waals surface area contributed by atoms with Crippen molar-refractivity contribution in [2.75, 3.05) is 6.54 Å². The number of aryl methyl sites for hydroxylation is 1. The van der Waals surface area contributed by atoms with E-state index in [2.05, 4.69) is 23.4 Å². The van der Waals surface area contributed by atoms with E-state index in [1.54, 1.807) is 6.20 Å². The third-order valence-electron chi connectivity index (χ3n) is 4.24. The number of hydrogen-bond acceptors (Lipinski definition) is 3. The van der Waals surface area contributed by atoms with Crippen molar-refractivity contribution in [2.24, 2.45) is 5.92 Å². The van der Waals surface area contributed by atoms with Crippen LogP contribution in [0.2, 0.25) is 5.02 Å². The summed E-state index contributed by atoms with van der Waals surface area (Å²) in [5, 5.41) is 17.9. The maximum Gasteiger partial charge on any atom is 0.109 e. The average Bonchev–Trinajstić information content (AvgIpc) is 2.94. The van der Waals surface area contributed by atoms with Crippen LogP contribution in [0.15, 0.2) is 6.20 Å². The molecule has 0 aromatic carbocycles. The fourth-order valence-corrected chi connectivity index (χ4v) is 3.27. The van der Waals surface area contributed by atoms with Crippen LogP contribution in [-0.4, -0.2) is 21.9 Å². The van der Waals surface area contributed by atoms with Gasteiger partial charge in [-0.25, -0.2) is 0 Å². The van der Waals surface area contributed by atoms with Crippen molar-refractivity contribution in [2.45, 2.75) is 51.6 Å². The molecule has 1 aliphatic rings. The zero-order valence-corrected chi connectivity index (χ0v) is 12.4. The number of halogens is 1. The van der Waals surface area contributed by atoms with Crippen molar-refractivity contribution in [3.8, 4) is 6.07 Å². The lowest BCUT2D eigenvalue weighted by Crippen LogP contribution is -2.47. The minimum atomic E-state index is -0.334. The number of aromatic nitrogens is 2. The summed E-state index contributed by atoms with van der Waals surface area (Å²) >= 11 is 6.01. The summed E-state index contributed by atoms with van der Waals surface area (Å²) in [6.07, 6.45) is 5.87. The van der Waals surface area contributed by atoms with Crippen LogP contribution in [0.1, 0.15) is 38.3 Å². The molecule has 19 heavy (non-hydrogen) atoms. The lowest BCUT2D eigenvalue weighted by Gasteiger charge is -2.29. The second-order valence-corrected chi connectivity index (χ2v) is 5.70. The Kier molecular flexibility index (Phi) is 4.49. The molecule has 0 amide bonds. The quantitative estimate of drug-likeness (QED) is 0.902. The summed E-state index contributed by atoms with van der Waals surface area (Å²) in [7, 11) is 0. The minimum Gasteiger partial charge on any atom is -0.299 e. The fourth-order valence-electron chi connectivity index (χ4n) is 3.13. The largest absolute Gasteiger partial charge is 0.299 e. The monoisotopic (exact) mass is 280 g/mol. The second kappa shape index (κ2) is 5.94. The number of nitrogens with one attached hydrogen (secondary N) is 1. The van der Waals surface area contributed by atoms with Crippen LogP contribution in [0.25, 0.3) is 0 Å². The summed E-state index contributed by atoms with van der Waals surface area (Å²) in [6.45, 7) is 5.71. The predicted octanol–water partition coefficient (Wildman–Crippen LogP) is 2.91. The van der Waals surface area contributed by atoms with E-state index >= 15 is 0 Å². The van der Waals surface area contributed by atoms with Gasteiger partial charge in [-0.3, -0.25) is 10.00 Å². The van der Waals surface area contributed by atoms with E-state index in [1.165, 1.54) is 0 Å². The smallest absolute Gasteiger partial charge is 0.109 e. The summed E-state index contributed by atoms with van der Waals surface area (Å²) in [5.41, 5.74) is 0.672. The summed E-state index contributed by atoms with van der Waals surface area (Å²) < 4.78 is 1.94. The molecule has 0 spiro atoms. The highest BCUT2D eigenvalue weighted by Crippen LogP contribution is 2.37. The van der Waals surface area contributed by atoms with Crippen LogP contribution in [0, 0.1) is 24.2 Å². The Hall–Kier alpha value is -1.05. The molecule has 2 unspecified atom stereocenters. The van der Waals surface area contributed by atoms with Gasteiger partial charge in [0.25, 0.3) is 0 Å². The second-order valence-electron chi connectivity index (χ2n) is 5.29. The molecular formula is C14H21ClN4. The molecule has 1 aliphatic carbocycles. The number of rotatable bonds is 5. The van der Waals surface area contributed by atoms with Crippen LogP contribution in [0.5, 0.6) is 0 Å². The highest BCUT2D eigenvalue weighted by molar-refractivity contribution is 6.31. The van der Waals surface area contributed by atoms with Crippen LogP contribution < -0.4 is 5.32 Å². The van der Waals surface area contributed by atoms with Crippen molar-refractivity contribution in [1.82, 2.24) is 15.1 Å². The molecule has 1 aromatic rings. The van der Waals surface area contributed by atoms with Gasteiger partial charge in [-0.15, -0.1) is 0 Å². The molecule has 1 saturated carbocycles. The Labute approximate surface area is 119 Å². The van der Waals surface area contributed by atoms with Crippen molar-refractivity contribution in [3.05, 3.63) is 16.9 Å². The first-order valence-electron chi connectivity index (χ1n) is 6.97. The molecule has 2 atom stereocenters. The van der Waals surface area contributed by atoms with Gasteiger partial charge in [-0.1, -0.05) is 24.9 Å². The van der Waals surface area contributed by atoms with E-state index in [0.717, 1.165) is 44.5 Å². The SMILES string of the molecule is CCNC1(C#N)CCCC1CCn1ncc(Cl)c1C. The zero-order valence-electron chi connectivity index (χ0n) is 11.6. The van der Waals surface area contributed by atoms with E-state index in [0.29, 0.717) is 10.9 Å². The molecule has 4 nitrogen and oxygen atoms in total. The van der Waals surface area contributed by atoms with Gasteiger partial charge in [-0.05, 0) is 38.6 Å². The van der Waals surface area contributed by atoms with E-state index in [4.69, 9.17) is 11.6 Å². The normalized spacial score (nSPS) is 26.5. The Balaban J connectivity index is 2.02. The molecule has 0 aliphatic heterocycles. The number of nitrogens with zero attached hydrogens (tertiary/aromatic N) is 3. The molecule has 1 aromatic heterocycles. The van der Waals surface area contributed by atoms with Crippen LogP contribution in [-0.2, 0) is 6.54 Å². The highest BCUT2D eigenvalue weighted by atomic mass is 35.5. The molecule has 5 heteroatoms. The summed E-state index contributed by atoms with van der Waals surface area (Å²) in [6, 6.07) is 2.52. The van der Waals surface area contributed by atoms with Gasteiger partial charge in [0.05, 0.1) is 23.0 Å². The van der Waals surface area contributed by atoms with Crippen molar-refractivity contribution >= 4 is 11.6 Å². The number of hydrogen-bond donors (Lipinski definition) is 1. The Morgan fingerprint density at radius 2 is 2.47 bits per heavy atom. The first-order valence-corrected chi connectivity index (χ1v) is 7.35. The predicted molar refractivity (Wildman–Crippen MR) is 76.0 cm³/mol. The van der Waals surface area contributed by atoms with Gasteiger partial charge in [0.15, 0.2) is 0 Å². The lowest BCUT2D eigenvalue weighted by atomic mass is 9.86. The molecule has 104 valence electrons. The van der Waals surface area contributed by atoms with Gasteiger partial charge < -0.3 is 0 Å². The first-order chi connectivity index (χ1) is 9.13.